The average molecular weight is 460 g/mol. The van der Waals surface area contributed by atoms with Crippen molar-refractivity contribution in [2.24, 2.45) is 0 Å². The summed E-state index contributed by atoms with van der Waals surface area (Å²) < 4.78 is 7.36. The van der Waals surface area contributed by atoms with Gasteiger partial charge in [0, 0.05) is 11.9 Å². The fourth-order valence-corrected chi connectivity index (χ4v) is 5.21. The highest BCUT2D eigenvalue weighted by Gasteiger charge is 2.17. The fourth-order valence-electron chi connectivity index (χ4n) is 4.02. The van der Waals surface area contributed by atoms with Gasteiger partial charge < -0.3 is 9.30 Å². The van der Waals surface area contributed by atoms with E-state index in [1.54, 1.807) is 11.8 Å². The second-order valence-electron chi connectivity index (χ2n) is 8.25. The number of carbonyl (C=O) groups excluding carboxylic acids is 1. The first kappa shape index (κ1) is 23.1. The molecule has 0 saturated carbocycles. The number of nitrogens with zero attached hydrogens (tertiary/aromatic N) is 3. The van der Waals surface area contributed by atoms with Crippen LogP contribution in [0.3, 0.4) is 0 Å². The van der Waals surface area contributed by atoms with Crippen molar-refractivity contribution in [3.63, 3.8) is 0 Å². The lowest BCUT2D eigenvalue weighted by Crippen LogP contribution is -2.05. The third kappa shape index (κ3) is 4.81. The largest absolute Gasteiger partial charge is 0.462 e. The van der Waals surface area contributed by atoms with Gasteiger partial charge in [0.25, 0.3) is 0 Å². The molecular weight excluding hydrogens is 430 g/mol. The molecule has 0 saturated heterocycles. The molecule has 2 aromatic heterocycles. The van der Waals surface area contributed by atoms with Crippen molar-refractivity contribution in [2.45, 2.75) is 52.1 Å². The Bertz CT molecular complexity index is 1290. The van der Waals surface area contributed by atoms with Crippen LogP contribution in [0.25, 0.3) is 11.0 Å². The Hall–Kier alpha value is -3.12. The summed E-state index contributed by atoms with van der Waals surface area (Å²) in [6, 6.07) is 13.8. The predicted octanol–water partition coefficient (Wildman–Crippen LogP) is 6.18. The molecule has 0 aliphatic rings. The number of hydrogen-bond donors (Lipinski definition) is 0. The zero-order valence-corrected chi connectivity index (χ0v) is 20.6. The van der Waals surface area contributed by atoms with E-state index in [4.69, 9.17) is 9.72 Å². The molecule has 0 radical (unpaired) electrons. The van der Waals surface area contributed by atoms with Gasteiger partial charge in [-0.3, -0.25) is 4.98 Å². The first-order valence-electron chi connectivity index (χ1n) is 11.2. The van der Waals surface area contributed by atoms with E-state index in [0.29, 0.717) is 18.7 Å². The zero-order chi connectivity index (χ0) is 23.5. The van der Waals surface area contributed by atoms with Crippen LogP contribution in [0.1, 0.15) is 50.8 Å². The van der Waals surface area contributed by atoms with Crippen molar-refractivity contribution in [1.29, 1.82) is 0 Å². The molecule has 0 spiro atoms. The number of fused-ring (bicyclic) bond motifs is 1. The maximum Gasteiger partial charge on any atom is 0.338 e. The summed E-state index contributed by atoms with van der Waals surface area (Å²) in [5.41, 5.74) is 9.91. The average Bonchev–Trinajstić information content (AvgIpc) is 3.15. The lowest BCUT2D eigenvalue weighted by Gasteiger charge is -2.15. The molecule has 0 atom stereocenters. The van der Waals surface area contributed by atoms with Gasteiger partial charge in [-0.05, 0) is 92.8 Å². The molecule has 0 aliphatic heterocycles. The normalized spacial score (nSPS) is 11.2. The number of hydrogen-bond acceptors (Lipinski definition) is 5. The predicted molar refractivity (Wildman–Crippen MR) is 134 cm³/mol. The van der Waals surface area contributed by atoms with Crippen LogP contribution in [0.4, 0.5) is 0 Å². The van der Waals surface area contributed by atoms with E-state index in [9.17, 15) is 4.79 Å². The maximum atomic E-state index is 12.2. The second-order valence-corrected chi connectivity index (χ2v) is 9.20. The van der Waals surface area contributed by atoms with Crippen LogP contribution in [-0.4, -0.2) is 27.1 Å². The highest BCUT2D eigenvalue weighted by molar-refractivity contribution is 7.98. The van der Waals surface area contributed by atoms with E-state index in [0.717, 1.165) is 27.6 Å². The second kappa shape index (κ2) is 9.79. The number of aryl methyl sites for hydroxylation is 2. The van der Waals surface area contributed by atoms with Crippen LogP contribution >= 0.6 is 11.8 Å². The zero-order valence-electron chi connectivity index (χ0n) is 19.8. The topological polar surface area (TPSA) is 57.0 Å². The Morgan fingerprint density at radius 2 is 1.79 bits per heavy atom. The molecule has 170 valence electrons. The molecule has 0 N–H and O–H groups in total. The minimum Gasteiger partial charge on any atom is -0.462 e. The number of ether oxygens (including phenoxy) is 1. The van der Waals surface area contributed by atoms with Gasteiger partial charge in [-0.25, -0.2) is 9.78 Å². The maximum absolute atomic E-state index is 12.2. The molecule has 2 heterocycles. The summed E-state index contributed by atoms with van der Waals surface area (Å²) in [5.74, 6) is 0.505. The van der Waals surface area contributed by atoms with Gasteiger partial charge in [-0.15, -0.1) is 0 Å². The van der Waals surface area contributed by atoms with E-state index < -0.39 is 0 Å². The minimum absolute atomic E-state index is 0.325. The van der Waals surface area contributed by atoms with Crippen molar-refractivity contribution in [3.8, 4) is 0 Å². The summed E-state index contributed by atoms with van der Waals surface area (Å²) in [6.07, 6.45) is 1.81. The van der Waals surface area contributed by atoms with Gasteiger partial charge in [-0.1, -0.05) is 23.9 Å². The summed E-state index contributed by atoms with van der Waals surface area (Å²) in [7, 11) is 0. The Balaban J connectivity index is 1.74. The van der Waals surface area contributed by atoms with Crippen LogP contribution in [0.5, 0.6) is 0 Å². The molecular formula is C27H29N3O2S. The Labute approximate surface area is 199 Å². The van der Waals surface area contributed by atoms with Crippen molar-refractivity contribution in [3.05, 3.63) is 87.7 Å². The van der Waals surface area contributed by atoms with E-state index in [-0.39, 0.29) is 5.97 Å². The number of thioether (sulfide) groups is 1. The van der Waals surface area contributed by atoms with Gasteiger partial charge >= 0.3 is 5.97 Å². The SMILES string of the molecule is CCOC(=O)c1ccc2c(c1)nc(SCc1c(C)c(C)cc(C)c1C)n2Cc1ccccn1. The van der Waals surface area contributed by atoms with Gasteiger partial charge in [-0.2, -0.15) is 0 Å². The monoisotopic (exact) mass is 459 g/mol. The summed E-state index contributed by atoms with van der Waals surface area (Å²) in [4.78, 5) is 21.7. The molecule has 0 unspecified atom stereocenters. The molecule has 6 heteroatoms. The number of pyridine rings is 1. The number of carbonyl (C=O) groups is 1. The van der Waals surface area contributed by atoms with Gasteiger partial charge in [0.2, 0.25) is 0 Å². The summed E-state index contributed by atoms with van der Waals surface area (Å²) in [5, 5.41) is 0.912. The molecule has 0 bridgehead atoms. The van der Waals surface area contributed by atoms with Crippen molar-refractivity contribution in [2.75, 3.05) is 6.61 Å². The standard InChI is InChI=1S/C27H29N3O2S/c1-6-32-26(31)21-10-11-25-24(14-21)29-27(30(25)15-22-9-7-8-12-28-22)33-16-23-19(4)17(2)13-18(3)20(23)5/h7-14H,6,15-16H2,1-5H3. The van der Waals surface area contributed by atoms with Crippen molar-refractivity contribution in [1.82, 2.24) is 14.5 Å². The third-order valence-electron chi connectivity index (χ3n) is 6.14. The highest BCUT2D eigenvalue weighted by Crippen LogP contribution is 2.32. The van der Waals surface area contributed by atoms with Gasteiger partial charge in [0.1, 0.15) is 0 Å². The Morgan fingerprint density at radius 3 is 2.45 bits per heavy atom. The molecule has 0 amide bonds. The van der Waals surface area contributed by atoms with Crippen LogP contribution in [0.15, 0.2) is 53.8 Å². The van der Waals surface area contributed by atoms with Crippen LogP contribution < -0.4 is 0 Å². The summed E-state index contributed by atoms with van der Waals surface area (Å²) in [6.45, 7) is 11.5. The molecule has 2 aromatic carbocycles. The Kier molecular flexibility index (Phi) is 6.84. The van der Waals surface area contributed by atoms with E-state index >= 15 is 0 Å². The van der Waals surface area contributed by atoms with Crippen molar-refractivity contribution >= 4 is 28.8 Å². The molecule has 4 aromatic rings. The number of rotatable bonds is 7. The number of aromatic nitrogens is 3. The molecule has 0 aliphatic carbocycles. The van der Waals surface area contributed by atoms with E-state index in [1.807, 2.05) is 49.5 Å². The van der Waals surface area contributed by atoms with E-state index in [2.05, 4.69) is 43.3 Å². The van der Waals surface area contributed by atoms with Crippen molar-refractivity contribution < 1.29 is 9.53 Å². The Morgan fingerprint density at radius 1 is 1.03 bits per heavy atom. The number of esters is 1. The fraction of sp³-hybridized carbons (Fsp3) is 0.296. The number of imidazole rings is 1. The summed E-state index contributed by atoms with van der Waals surface area (Å²) >= 11 is 1.72. The van der Waals surface area contributed by atoms with Crippen LogP contribution in [0, 0.1) is 27.7 Å². The number of benzene rings is 2. The first-order chi connectivity index (χ1) is 15.9. The lowest BCUT2D eigenvalue weighted by atomic mass is 9.95. The smallest absolute Gasteiger partial charge is 0.338 e. The molecule has 5 nitrogen and oxygen atoms in total. The minimum atomic E-state index is -0.325. The molecule has 0 fully saturated rings. The highest BCUT2D eigenvalue weighted by atomic mass is 32.2. The van der Waals surface area contributed by atoms with Crippen LogP contribution in [0.2, 0.25) is 0 Å². The van der Waals surface area contributed by atoms with Gasteiger partial charge in [0.05, 0.1) is 35.4 Å². The first-order valence-corrected chi connectivity index (χ1v) is 12.1. The molecule has 4 rings (SSSR count). The lowest BCUT2D eigenvalue weighted by molar-refractivity contribution is 0.0526. The van der Waals surface area contributed by atoms with Gasteiger partial charge in [0.15, 0.2) is 5.16 Å². The van der Waals surface area contributed by atoms with E-state index in [1.165, 1.54) is 27.8 Å². The molecule has 33 heavy (non-hydrogen) atoms. The van der Waals surface area contributed by atoms with Crippen LogP contribution in [-0.2, 0) is 17.0 Å². The quantitative estimate of drug-likeness (QED) is 0.244. The third-order valence-corrected chi connectivity index (χ3v) is 7.14.